The van der Waals surface area contributed by atoms with Crippen molar-refractivity contribution in [2.75, 3.05) is 0 Å². The second-order valence-electron chi connectivity index (χ2n) is 2.00. The summed E-state index contributed by atoms with van der Waals surface area (Å²) in [5.74, 6) is 0. The lowest BCUT2D eigenvalue weighted by Crippen LogP contribution is -1.93. The van der Waals surface area contributed by atoms with Crippen molar-refractivity contribution in [1.29, 1.82) is 0 Å². The molecule has 0 aliphatic rings. The fourth-order valence-corrected chi connectivity index (χ4v) is 2.31. The summed E-state index contributed by atoms with van der Waals surface area (Å²) in [7, 11) is 0. The zero-order valence-electron chi connectivity index (χ0n) is 5.33. The van der Waals surface area contributed by atoms with Crippen LogP contribution in [0.4, 0.5) is 0 Å². The van der Waals surface area contributed by atoms with Gasteiger partial charge in [-0.15, -0.1) is 0 Å². The molecule has 0 saturated carbocycles. The fraction of sp³-hybridized carbons (Fsp3) is 0. The molecule has 56 valence electrons. The van der Waals surface area contributed by atoms with Crippen molar-refractivity contribution >= 4 is 44.2 Å². The Labute approximate surface area is 85.1 Å². The van der Waals surface area contributed by atoms with Crippen LogP contribution in [-0.2, 0) is 0 Å². The van der Waals surface area contributed by atoms with Gasteiger partial charge >= 0.3 is 0 Å². The predicted octanol–water partition coefficient (Wildman–Crippen LogP) is 2.10. The largest absolute Gasteiger partial charge is 0.223 e. The highest BCUT2D eigenvalue weighted by atomic mass is 127. The standard InChI is InChI=1S/C6H3BrIN3/c7-4-3-5(8)10-6-1-2-9-11(4)6/h1-3H. The second-order valence-corrected chi connectivity index (χ2v) is 3.92. The molecule has 5 heteroatoms. The summed E-state index contributed by atoms with van der Waals surface area (Å²) in [6.45, 7) is 0. The summed E-state index contributed by atoms with van der Waals surface area (Å²) in [6, 6.07) is 3.79. The van der Waals surface area contributed by atoms with Crippen LogP contribution >= 0.6 is 38.5 Å². The summed E-state index contributed by atoms with van der Waals surface area (Å²) in [5, 5.41) is 4.06. The number of aromatic nitrogens is 3. The van der Waals surface area contributed by atoms with Gasteiger partial charge in [-0.2, -0.15) is 5.10 Å². The summed E-state index contributed by atoms with van der Waals surface area (Å²) in [6.07, 6.45) is 1.73. The average molecular weight is 324 g/mol. The van der Waals surface area contributed by atoms with E-state index in [1.165, 1.54) is 0 Å². The first-order valence-electron chi connectivity index (χ1n) is 2.93. The van der Waals surface area contributed by atoms with E-state index >= 15 is 0 Å². The van der Waals surface area contributed by atoms with Gasteiger partial charge in [0.1, 0.15) is 8.30 Å². The molecule has 0 aliphatic heterocycles. The van der Waals surface area contributed by atoms with Crippen LogP contribution in [0.2, 0.25) is 0 Å². The molecule has 11 heavy (non-hydrogen) atoms. The van der Waals surface area contributed by atoms with E-state index in [1.54, 1.807) is 10.7 Å². The minimum absolute atomic E-state index is 0.865. The Hall–Kier alpha value is -0.170. The first-order valence-corrected chi connectivity index (χ1v) is 4.80. The van der Waals surface area contributed by atoms with Gasteiger partial charge < -0.3 is 0 Å². The van der Waals surface area contributed by atoms with Crippen molar-refractivity contribution in [3.63, 3.8) is 0 Å². The zero-order chi connectivity index (χ0) is 7.84. The Kier molecular flexibility index (Phi) is 1.84. The molecule has 0 N–H and O–H groups in total. The van der Waals surface area contributed by atoms with Gasteiger partial charge in [-0.3, -0.25) is 0 Å². The molecule has 0 aromatic carbocycles. The minimum atomic E-state index is 0.865. The Morgan fingerprint density at radius 1 is 1.55 bits per heavy atom. The molecule has 0 aliphatic carbocycles. The Morgan fingerprint density at radius 2 is 2.36 bits per heavy atom. The lowest BCUT2D eigenvalue weighted by atomic mass is 10.6. The van der Waals surface area contributed by atoms with E-state index in [4.69, 9.17) is 0 Å². The van der Waals surface area contributed by atoms with E-state index < -0.39 is 0 Å². The van der Waals surface area contributed by atoms with Crippen molar-refractivity contribution in [2.45, 2.75) is 0 Å². The van der Waals surface area contributed by atoms with E-state index in [2.05, 4.69) is 48.6 Å². The molecule has 0 amide bonds. The summed E-state index contributed by atoms with van der Waals surface area (Å²) >= 11 is 5.55. The predicted molar refractivity (Wildman–Crippen MR) is 53.4 cm³/mol. The number of fused-ring (bicyclic) bond motifs is 1. The highest BCUT2D eigenvalue weighted by molar-refractivity contribution is 14.1. The van der Waals surface area contributed by atoms with Crippen LogP contribution in [0.1, 0.15) is 0 Å². The number of hydrogen-bond donors (Lipinski definition) is 0. The van der Waals surface area contributed by atoms with Crippen molar-refractivity contribution < 1.29 is 0 Å². The maximum Gasteiger partial charge on any atom is 0.157 e. The highest BCUT2D eigenvalue weighted by Gasteiger charge is 2.00. The number of hydrogen-bond acceptors (Lipinski definition) is 2. The quantitative estimate of drug-likeness (QED) is 0.549. The lowest BCUT2D eigenvalue weighted by Gasteiger charge is -1.96. The molecule has 0 atom stereocenters. The molecule has 0 saturated heterocycles. The fourth-order valence-electron chi connectivity index (χ4n) is 0.847. The van der Waals surface area contributed by atoms with Gasteiger partial charge in [0.25, 0.3) is 0 Å². The van der Waals surface area contributed by atoms with Gasteiger partial charge in [-0.1, -0.05) is 0 Å². The van der Waals surface area contributed by atoms with Crippen LogP contribution in [-0.4, -0.2) is 14.6 Å². The topological polar surface area (TPSA) is 30.2 Å². The van der Waals surface area contributed by atoms with Gasteiger partial charge in [0.2, 0.25) is 0 Å². The molecule has 2 rings (SSSR count). The van der Waals surface area contributed by atoms with Crippen LogP contribution in [0.15, 0.2) is 22.9 Å². The summed E-state index contributed by atoms with van der Waals surface area (Å²) in [4.78, 5) is 4.25. The molecule has 2 aromatic heterocycles. The SMILES string of the molecule is Brc1cc(I)nc2ccnn12. The van der Waals surface area contributed by atoms with Crippen LogP contribution < -0.4 is 0 Å². The number of nitrogens with zero attached hydrogens (tertiary/aromatic N) is 3. The second kappa shape index (κ2) is 2.71. The van der Waals surface area contributed by atoms with Gasteiger partial charge in [-0.05, 0) is 38.5 Å². The first kappa shape index (κ1) is 7.48. The van der Waals surface area contributed by atoms with Crippen LogP contribution in [0.5, 0.6) is 0 Å². The molecular weight excluding hydrogens is 321 g/mol. The molecule has 0 radical (unpaired) electrons. The van der Waals surface area contributed by atoms with E-state index in [0.29, 0.717) is 0 Å². The Morgan fingerprint density at radius 3 is 3.18 bits per heavy atom. The summed E-state index contributed by atoms with van der Waals surface area (Å²) in [5.41, 5.74) is 0.865. The van der Waals surface area contributed by atoms with Crippen LogP contribution in [0.25, 0.3) is 5.65 Å². The molecule has 3 nitrogen and oxygen atoms in total. The molecule has 0 bridgehead atoms. The summed E-state index contributed by atoms with van der Waals surface area (Å²) < 4.78 is 3.63. The first-order chi connectivity index (χ1) is 5.27. The molecule has 0 unspecified atom stereocenters. The van der Waals surface area contributed by atoms with Crippen molar-refractivity contribution in [3.05, 3.63) is 26.6 Å². The third-order valence-electron chi connectivity index (χ3n) is 1.28. The van der Waals surface area contributed by atoms with Gasteiger partial charge in [0.05, 0.1) is 6.20 Å². The van der Waals surface area contributed by atoms with Crippen molar-refractivity contribution in [3.8, 4) is 0 Å². The van der Waals surface area contributed by atoms with Gasteiger partial charge in [0.15, 0.2) is 5.65 Å². The van der Waals surface area contributed by atoms with E-state index in [1.807, 2.05) is 12.1 Å². The monoisotopic (exact) mass is 323 g/mol. The van der Waals surface area contributed by atoms with Crippen molar-refractivity contribution in [2.24, 2.45) is 0 Å². The third kappa shape index (κ3) is 1.26. The molecule has 2 heterocycles. The average Bonchev–Trinajstić information content (AvgIpc) is 2.34. The van der Waals surface area contributed by atoms with Crippen molar-refractivity contribution in [1.82, 2.24) is 14.6 Å². The highest BCUT2D eigenvalue weighted by Crippen LogP contribution is 2.13. The maximum absolute atomic E-state index is 4.25. The molecular formula is C6H3BrIN3. The smallest absolute Gasteiger partial charge is 0.157 e. The Bertz CT molecular complexity index is 398. The molecule has 2 aromatic rings. The van der Waals surface area contributed by atoms with E-state index in [-0.39, 0.29) is 0 Å². The number of rotatable bonds is 0. The van der Waals surface area contributed by atoms with E-state index in [0.717, 1.165) is 14.0 Å². The number of halogens is 2. The van der Waals surface area contributed by atoms with E-state index in [9.17, 15) is 0 Å². The Balaban J connectivity index is 2.91. The molecule has 0 fully saturated rings. The molecule has 0 spiro atoms. The lowest BCUT2D eigenvalue weighted by molar-refractivity contribution is 0.908. The van der Waals surface area contributed by atoms with Crippen LogP contribution in [0, 0.1) is 3.70 Å². The van der Waals surface area contributed by atoms with Gasteiger partial charge in [-0.25, -0.2) is 9.50 Å². The normalized spacial score (nSPS) is 10.7. The maximum atomic E-state index is 4.25. The zero-order valence-corrected chi connectivity index (χ0v) is 9.07. The third-order valence-corrected chi connectivity index (χ3v) is 2.40. The minimum Gasteiger partial charge on any atom is -0.223 e. The van der Waals surface area contributed by atoms with Crippen LogP contribution in [0.3, 0.4) is 0 Å². The van der Waals surface area contributed by atoms with Gasteiger partial charge in [0, 0.05) is 12.1 Å².